The molecule has 0 saturated carbocycles. The van der Waals surface area contributed by atoms with Crippen LogP contribution in [0, 0.1) is 5.82 Å². The Kier molecular flexibility index (Phi) is 5.62. The van der Waals surface area contributed by atoms with Gasteiger partial charge in [-0.2, -0.15) is 0 Å². The molecule has 2 atom stereocenters. The summed E-state index contributed by atoms with van der Waals surface area (Å²) < 4.78 is 37.5. The summed E-state index contributed by atoms with van der Waals surface area (Å²) in [6.45, 7) is 0.392. The minimum absolute atomic E-state index is 0.0530. The molecule has 158 valence electrons. The molecule has 1 aromatic heterocycles. The van der Waals surface area contributed by atoms with Gasteiger partial charge in [0.2, 0.25) is 0 Å². The fourth-order valence-electron chi connectivity index (χ4n) is 3.40. The standard InChI is InChI=1S/C19H19FN4O5S/c1-28-18(25)17-11-23(22-21-17)9-14-10-24(19(26)29-14)13-2-3-15(16(20)8-13)12-4-6-30(27)7-5-12/h2-4,8,11,14H,5-7,9-10H2,1H3. The fourth-order valence-corrected chi connectivity index (χ4v) is 4.40. The Bertz CT molecular complexity index is 1050. The molecule has 30 heavy (non-hydrogen) atoms. The van der Waals surface area contributed by atoms with Crippen LogP contribution in [-0.4, -0.2) is 62.5 Å². The van der Waals surface area contributed by atoms with E-state index < -0.39 is 34.8 Å². The summed E-state index contributed by atoms with van der Waals surface area (Å²) in [5.74, 6) is -0.105. The predicted molar refractivity (Wildman–Crippen MR) is 106 cm³/mol. The van der Waals surface area contributed by atoms with Crippen LogP contribution in [0.4, 0.5) is 14.9 Å². The molecule has 4 rings (SSSR count). The molecule has 0 N–H and O–H groups in total. The molecule has 1 aromatic carbocycles. The monoisotopic (exact) mass is 434 g/mol. The van der Waals surface area contributed by atoms with Gasteiger partial charge in [0.05, 0.1) is 32.1 Å². The van der Waals surface area contributed by atoms with Crippen molar-refractivity contribution in [3.8, 4) is 0 Å². The van der Waals surface area contributed by atoms with Gasteiger partial charge < -0.3 is 9.47 Å². The number of benzene rings is 1. The molecule has 2 aromatic rings. The largest absolute Gasteiger partial charge is 0.464 e. The van der Waals surface area contributed by atoms with Crippen molar-refractivity contribution < 1.29 is 27.7 Å². The van der Waals surface area contributed by atoms with Crippen LogP contribution in [0.1, 0.15) is 22.5 Å². The summed E-state index contributed by atoms with van der Waals surface area (Å²) in [7, 11) is 0.363. The second-order valence-corrected chi connectivity index (χ2v) is 8.51. The van der Waals surface area contributed by atoms with E-state index in [4.69, 9.17) is 4.74 Å². The Morgan fingerprint density at radius 2 is 2.27 bits per heavy atom. The number of ether oxygens (including phenoxy) is 2. The van der Waals surface area contributed by atoms with E-state index in [1.54, 1.807) is 18.2 Å². The van der Waals surface area contributed by atoms with Crippen molar-refractivity contribution >= 4 is 34.1 Å². The van der Waals surface area contributed by atoms with Gasteiger partial charge >= 0.3 is 12.1 Å². The van der Waals surface area contributed by atoms with Crippen LogP contribution in [0.15, 0.2) is 30.5 Å². The zero-order valence-corrected chi connectivity index (χ0v) is 16.9. The highest BCUT2D eigenvalue weighted by atomic mass is 32.2. The van der Waals surface area contributed by atoms with E-state index in [-0.39, 0.29) is 18.8 Å². The first kappa shape index (κ1) is 20.2. The normalized spacial score (nSPS) is 21.3. The molecular formula is C19H19FN4O5S. The number of hydrogen-bond donors (Lipinski definition) is 0. The summed E-state index contributed by atoms with van der Waals surface area (Å²) in [6.07, 6.45) is 2.64. The first-order valence-electron chi connectivity index (χ1n) is 9.25. The van der Waals surface area contributed by atoms with Gasteiger partial charge in [0.1, 0.15) is 11.9 Å². The lowest BCUT2D eigenvalue weighted by Gasteiger charge is -2.17. The zero-order valence-electron chi connectivity index (χ0n) is 16.1. The first-order valence-corrected chi connectivity index (χ1v) is 10.7. The van der Waals surface area contributed by atoms with Gasteiger partial charge in [-0.25, -0.2) is 18.7 Å². The number of cyclic esters (lactones) is 1. The topological polar surface area (TPSA) is 104 Å². The van der Waals surface area contributed by atoms with Gasteiger partial charge in [-0.3, -0.25) is 9.11 Å². The molecule has 1 saturated heterocycles. The number of halogens is 1. The molecule has 9 nitrogen and oxygen atoms in total. The summed E-state index contributed by atoms with van der Waals surface area (Å²) >= 11 is 0. The van der Waals surface area contributed by atoms with Crippen molar-refractivity contribution in [2.24, 2.45) is 0 Å². The molecule has 1 amide bonds. The van der Waals surface area contributed by atoms with Crippen molar-refractivity contribution in [1.82, 2.24) is 15.0 Å². The minimum atomic E-state index is -0.881. The van der Waals surface area contributed by atoms with Gasteiger partial charge in [-0.15, -0.1) is 5.10 Å². The maximum Gasteiger partial charge on any atom is 0.414 e. The number of nitrogens with zero attached hydrogens (tertiary/aromatic N) is 4. The molecule has 2 unspecified atom stereocenters. The number of carbonyl (C=O) groups is 2. The van der Waals surface area contributed by atoms with Gasteiger partial charge in [-0.05, 0) is 30.2 Å². The Morgan fingerprint density at radius 3 is 2.97 bits per heavy atom. The van der Waals surface area contributed by atoms with Gasteiger partial charge in [0.25, 0.3) is 0 Å². The number of amides is 1. The average Bonchev–Trinajstić information content (AvgIpc) is 3.35. The Morgan fingerprint density at radius 1 is 1.43 bits per heavy atom. The molecule has 0 radical (unpaired) electrons. The highest BCUT2D eigenvalue weighted by molar-refractivity contribution is 7.85. The number of carbonyl (C=O) groups excluding carboxylic acids is 2. The van der Waals surface area contributed by atoms with Crippen LogP contribution in [-0.2, 0) is 26.8 Å². The first-order chi connectivity index (χ1) is 14.4. The van der Waals surface area contributed by atoms with E-state index >= 15 is 0 Å². The number of anilines is 1. The summed E-state index contributed by atoms with van der Waals surface area (Å²) in [5.41, 5.74) is 1.72. The van der Waals surface area contributed by atoms with E-state index in [1.807, 2.05) is 0 Å². The second-order valence-electron chi connectivity index (χ2n) is 6.89. The third-order valence-corrected chi connectivity index (χ3v) is 6.12. The van der Waals surface area contributed by atoms with Crippen molar-refractivity contribution in [3.63, 3.8) is 0 Å². The smallest absolute Gasteiger partial charge is 0.414 e. The second kappa shape index (κ2) is 8.34. The lowest BCUT2D eigenvalue weighted by atomic mass is 10.0. The van der Waals surface area contributed by atoms with Crippen molar-refractivity contribution in [3.05, 3.63) is 47.5 Å². The van der Waals surface area contributed by atoms with E-state index in [2.05, 4.69) is 15.0 Å². The molecule has 0 spiro atoms. The molecule has 1 fully saturated rings. The molecule has 11 heteroatoms. The van der Waals surface area contributed by atoms with Crippen molar-refractivity contribution in [2.45, 2.75) is 19.1 Å². The molecule has 0 aliphatic carbocycles. The highest BCUT2D eigenvalue weighted by Crippen LogP contribution is 2.29. The summed E-state index contributed by atoms with van der Waals surface area (Å²) in [4.78, 5) is 25.1. The van der Waals surface area contributed by atoms with Crippen LogP contribution in [0.5, 0.6) is 0 Å². The Labute approximate surface area is 173 Å². The minimum Gasteiger partial charge on any atom is -0.464 e. The van der Waals surface area contributed by atoms with Crippen LogP contribution >= 0.6 is 0 Å². The third kappa shape index (κ3) is 4.11. The summed E-state index contributed by atoms with van der Waals surface area (Å²) in [6, 6.07) is 4.60. The maximum atomic E-state index is 14.7. The molecule has 2 aliphatic heterocycles. The predicted octanol–water partition coefficient (Wildman–Crippen LogP) is 1.77. The quantitative estimate of drug-likeness (QED) is 0.661. The number of esters is 1. The van der Waals surface area contributed by atoms with Gasteiger partial charge in [-0.1, -0.05) is 11.3 Å². The van der Waals surface area contributed by atoms with Crippen LogP contribution in [0.2, 0.25) is 0 Å². The molecule has 3 heterocycles. The molecule has 2 aliphatic rings. The number of aromatic nitrogens is 3. The zero-order chi connectivity index (χ0) is 21.3. The Balaban J connectivity index is 1.45. The Hall–Kier alpha value is -3.08. The lowest BCUT2D eigenvalue weighted by Crippen LogP contribution is -2.26. The van der Waals surface area contributed by atoms with E-state index in [9.17, 15) is 18.2 Å². The summed E-state index contributed by atoms with van der Waals surface area (Å²) in [5, 5.41) is 7.53. The van der Waals surface area contributed by atoms with E-state index in [1.165, 1.54) is 29.0 Å². The molecular weight excluding hydrogens is 415 g/mol. The number of hydrogen-bond acceptors (Lipinski definition) is 7. The maximum absolute atomic E-state index is 14.7. The van der Waals surface area contributed by atoms with Crippen molar-refractivity contribution in [1.29, 1.82) is 0 Å². The van der Waals surface area contributed by atoms with Crippen LogP contribution in [0.25, 0.3) is 5.57 Å². The average molecular weight is 434 g/mol. The van der Waals surface area contributed by atoms with E-state index in [0.29, 0.717) is 29.2 Å². The fraction of sp³-hybridized carbons (Fsp3) is 0.368. The number of rotatable bonds is 5. The number of allylic oxidation sites excluding steroid dienone is 1. The van der Waals surface area contributed by atoms with Crippen LogP contribution in [0.3, 0.4) is 0 Å². The lowest BCUT2D eigenvalue weighted by molar-refractivity contribution is 0.0593. The SMILES string of the molecule is COC(=O)c1cn(CC2CN(c3ccc(C4=CCS(=O)CC4)c(F)c3)C(=O)O2)nn1. The van der Waals surface area contributed by atoms with Crippen molar-refractivity contribution in [2.75, 3.05) is 30.1 Å². The van der Waals surface area contributed by atoms with Crippen LogP contribution < -0.4 is 4.90 Å². The molecule has 0 bridgehead atoms. The highest BCUT2D eigenvalue weighted by Gasteiger charge is 2.33. The van der Waals surface area contributed by atoms with Gasteiger partial charge in [0.15, 0.2) is 5.69 Å². The number of methoxy groups -OCH3 is 1. The third-order valence-electron chi connectivity index (χ3n) is 4.92. The van der Waals surface area contributed by atoms with Gasteiger partial charge in [0, 0.05) is 27.9 Å². The van der Waals surface area contributed by atoms with E-state index in [0.717, 1.165) is 5.57 Å².